The maximum atomic E-state index is 11.0. The molecular weight excluding hydrogens is 174 g/mol. The van der Waals surface area contributed by atoms with E-state index in [0.29, 0.717) is 0 Å². The van der Waals surface area contributed by atoms with E-state index in [1.165, 1.54) is 0 Å². The first kappa shape index (κ1) is 11.9. The van der Waals surface area contributed by atoms with Crippen LogP contribution in [0.15, 0.2) is 0 Å². The number of nitrogens with two attached hydrogens (primary N) is 1. The monoisotopic (exact) mass is 189 g/mol. The summed E-state index contributed by atoms with van der Waals surface area (Å²) in [6.07, 6.45) is -0.321. The van der Waals surface area contributed by atoms with Crippen LogP contribution in [0.5, 0.6) is 0 Å². The van der Waals surface area contributed by atoms with E-state index in [1.807, 2.05) is 0 Å². The minimum atomic E-state index is -1.01. The maximum Gasteiger partial charge on any atom is 0.306 e. The van der Waals surface area contributed by atoms with E-state index >= 15 is 0 Å². The zero-order valence-corrected chi connectivity index (χ0v) is 7.87. The van der Waals surface area contributed by atoms with Crippen LogP contribution in [0, 0.1) is 0 Å². The molecule has 0 radical (unpaired) electrons. The minimum Gasteiger partial charge on any atom is -0.481 e. The molecule has 0 unspecified atom stereocenters. The average Bonchev–Trinajstić information content (AvgIpc) is 2.00. The molecule has 0 aliphatic rings. The molecule has 0 aliphatic carbocycles. The van der Waals surface area contributed by atoms with Crippen molar-refractivity contribution in [2.24, 2.45) is 5.73 Å². The molecule has 13 heavy (non-hydrogen) atoms. The Morgan fingerprint density at radius 3 is 2.31 bits per heavy atom. The van der Waals surface area contributed by atoms with Crippen molar-refractivity contribution in [1.29, 1.82) is 0 Å². The van der Waals surface area contributed by atoms with E-state index in [4.69, 9.17) is 15.6 Å². The molecule has 0 heterocycles. The summed E-state index contributed by atoms with van der Waals surface area (Å²) in [5.74, 6) is -1.54. The second-order valence-electron chi connectivity index (χ2n) is 3.33. The predicted molar refractivity (Wildman–Crippen MR) is 46.1 cm³/mol. The SMILES string of the molecule is CC(C)(CN)OC(=O)CCC(=O)O. The molecule has 0 fully saturated rings. The maximum absolute atomic E-state index is 11.0. The van der Waals surface area contributed by atoms with Crippen molar-refractivity contribution in [2.75, 3.05) is 6.54 Å². The second kappa shape index (κ2) is 4.81. The highest BCUT2D eigenvalue weighted by molar-refractivity contribution is 5.76. The van der Waals surface area contributed by atoms with Crippen molar-refractivity contribution >= 4 is 11.9 Å². The van der Waals surface area contributed by atoms with Crippen LogP contribution in [-0.4, -0.2) is 29.2 Å². The third-order valence-corrected chi connectivity index (χ3v) is 1.42. The first-order chi connectivity index (χ1) is 5.87. The Bertz CT molecular complexity index is 200. The summed E-state index contributed by atoms with van der Waals surface area (Å²) < 4.78 is 4.91. The molecule has 0 rings (SSSR count). The van der Waals surface area contributed by atoms with E-state index in [1.54, 1.807) is 13.8 Å². The normalized spacial score (nSPS) is 11.0. The van der Waals surface area contributed by atoms with Crippen LogP contribution >= 0.6 is 0 Å². The number of aliphatic carboxylic acids is 1. The van der Waals surface area contributed by atoms with Gasteiger partial charge in [-0.05, 0) is 13.8 Å². The number of rotatable bonds is 5. The van der Waals surface area contributed by atoms with Gasteiger partial charge in [-0.2, -0.15) is 0 Å². The molecule has 0 aromatic heterocycles. The quantitative estimate of drug-likeness (QED) is 0.600. The Kier molecular flexibility index (Phi) is 4.40. The van der Waals surface area contributed by atoms with Gasteiger partial charge in [0.25, 0.3) is 0 Å². The molecule has 0 saturated heterocycles. The van der Waals surface area contributed by atoms with E-state index < -0.39 is 17.5 Å². The number of esters is 1. The lowest BCUT2D eigenvalue weighted by molar-refractivity contribution is -0.157. The Morgan fingerprint density at radius 2 is 1.92 bits per heavy atom. The summed E-state index contributed by atoms with van der Waals surface area (Å²) in [6.45, 7) is 3.56. The molecule has 3 N–H and O–H groups in total. The molecule has 0 bridgehead atoms. The Labute approximate surface area is 76.9 Å². The summed E-state index contributed by atoms with van der Waals surface area (Å²) in [5, 5.41) is 8.29. The fraction of sp³-hybridized carbons (Fsp3) is 0.750. The summed E-state index contributed by atoms with van der Waals surface area (Å²) in [7, 11) is 0. The lowest BCUT2D eigenvalue weighted by atomic mass is 10.1. The molecule has 0 aliphatic heterocycles. The number of carbonyl (C=O) groups excluding carboxylic acids is 1. The molecule has 0 amide bonds. The molecular formula is C8H15NO4. The van der Waals surface area contributed by atoms with Gasteiger partial charge >= 0.3 is 11.9 Å². The van der Waals surface area contributed by atoms with Crippen LogP contribution in [0.4, 0.5) is 0 Å². The van der Waals surface area contributed by atoms with Crippen LogP contribution < -0.4 is 5.73 Å². The summed E-state index contributed by atoms with van der Waals surface area (Å²) in [6, 6.07) is 0. The average molecular weight is 189 g/mol. The third-order valence-electron chi connectivity index (χ3n) is 1.42. The van der Waals surface area contributed by atoms with Crippen LogP contribution in [-0.2, 0) is 14.3 Å². The first-order valence-electron chi connectivity index (χ1n) is 4.01. The van der Waals surface area contributed by atoms with Gasteiger partial charge in [0.1, 0.15) is 5.60 Å². The van der Waals surface area contributed by atoms with Crippen molar-refractivity contribution < 1.29 is 19.4 Å². The molecule has 0 aromatic carbocycles. The lowest BCUT2D eigenvalue weighted by Crippen LogP contribution is -2.36. The van der Waals surface area contributed by atoms with Crippen molar-refractivity contribution in [3.05, 3.63) is 0 Å². The number of hydrogen-bond donors (Lipinski definition) is 2. The highest BCUT2D eigenvalue weighted by atomic mass is 16.6. The number of carbonyl (C=O) groups is 2. The van der Waals surface area contributed by atoms with Gasteiger partial charge in [0.15, 0.2) is 0 Å². The van der Waals surface area contributed by atoms with Crippen LogP contribution in [0.1, 0.15) is 26.7 Å². The van der Waals surface area contributed by atoms with Gasteiger partial charge in [-0.15, -0.1) is 0 Å². The van der Waals surface area contributed by atoms with Gasteiger partial charge in [0.2, 0.25) is 0 Å². The first-order valence-corrected chi connectivity index (χ1v) is 4.01. The topological polar surface area (TPSA) is 89.6 Å². The predicted octanol–water partition coefficient (Wildman–Crippen LogP) is 0.132. The molecule has 76 valence electrons. The van der Waals surface area contributed by atoms with E-state index in [2.05, 4.69) is 0 Å². The number of carboxylic acid groups (broad SMARTS) is 1. The van der Waals surface area contributed by atoms with Gasteiger partial charge in [0.05, 0.1) is 12.8 Å². The van der Waals surface area contributed by atoms with E-state index in [9.17, 15) is 9.59 Å². The van der Waals surface area contributed by atoms with Crippen LogP contribution in [0.3, 0.4) is 0 Å². The van der Waals surface area contributed by atoms with Crippen molar-refractivity contribution in [2.45, 2.75) is 32.3 Å². The number of hydrogen-bond acceptors (Lipinski definition) is 4. The fourth-order valence-electron chi connectivity index (χ4n) is 0.610. The van der Waals surface area contributed by atoms with Gasteiger partial charge in [-0.1, -0.05) is 0 Å². The molecule has 5 nitrogen and oxygen atoms in total. The summed E-state index contributed by atoms with van der Waals surface area (Å²) in [5.41, 5.74) is 4.60. The zero-order valence-electron chi connectivity index (χ0n) is 7.87. The number of ether oxygens (including phenoxy) is 1. The standard InChI is InChI=1S/C8H15NO4/c1-8(2,5-9)13-7(12)4-3-6(10)11/h3-5,9H2,1-2H3,(H,10,11). The van der Waals surface area contributed by atoms with Gasteiger partial charge in [-0.25, -0.2) is 0 Å². The Morgan fingerprint density at radius 1 is 1.38 bits per heavy atom. The Balaban J connectivity index is 3.81. The summed E-state index contributed by atoms with van der Waals surface area (Å²) in [4.78, 5) is 21.1. The summed E-state index contributed by atoms with van der Waals surface area (Å²) >= 11 is 0. The van der Waals surface area contributed by atoms with Crippen LogP contribution in [0.2, 0.25) is 0 Å². The fourth-order valence-corrected chi connectivity index (χ4v) is 0.610. The molecule has 0 atom stereocenters. The lowest BCUT2D eigenvalue weighted by Gasteiger charge is -2.22. The minimum absolute atomic E-state index is 0.112. The highest BCUT2D eigenvalue weighted by Gasteiger charge is 2.20. The largest absolute Gasteiger partial charge is 0.481 e. The highest BCUT2D eigenvalue weighted by Crippen LogP contribution is 2.08. The second-order valence-corrected chi connectivity index (χ2v) is 3.33. The van der Waals surface area contributed by atoms with Gasteiger partial charge < -0.3 is 15.6 Å². The van der Waals surface area contributed by atoms with Gasteiger partial charge in [0, 0.05) is 6.54 Å². The third kappa shape index (κ3) is 6.10. The zero-order chi connectivity index (χ0) is 10.5. The molecule has 5 heteroatoms. The van der Waals surface area contributed by atoms with Crippen molar-refractivity contribution in [3.8, 4) is 0 Å². The van der Waals surface area contributed by atoms with E-state index in [0.717, 1.165) is 0 Å². The molecule has 0 saturated carbocycles. The van der Waals surface area contributed by atoms with Crippen LogP contribution in [0.25, 0.3) is 0 Å². The molecule has 0 aromatic rings. The van der Waals surface area contributed by atoms with E-state index in [-0.39, 0.29) is 19.4 Å². The van der Waals surface area contributed by atoms with Crippen molar-refractivity contribution in [1.82, 2.24) is 0 Å². The van der Waals surface area contributed by atoms with Gasteiger partial charge in [-0.3, -0.25) is 9.59 Å². The number of carboxylic acids is 1. The smallest absolute Gasteiger partial charge is 0.306 e. The Hall–Kier alpha value is -1.10. The molecule has 0 spiro atoms. The van der Waals surface area contributed by atoms with Crippen molar-refractivity contribution in [3.63, 3.8) is 0 Å².